The fraction of sp³-hybridized carbons (Fsp3) is 0.500. The average Bonchev–Trinajstić information content (AvgIpc) is 2.82. The van der Waals surface area contributed by atoms with Crippen molar-refractivity contribution in [3.63, 3.8) is 0 Å². The van der Waals surface area contributed by atoms with Crippen molar-refractivity contribution in [1.82, 2.24) is 4.90 Å². The van der Waals surface area contributed by atoms with Crippen LogP contribution in [0.25, 0.3) is 0 Å². The fourth-order valence-corrected chi connectivity index (χ4v) is 2.70. The Bertz CT molecular complexity index is 510. The number of hydrogen-bond acceptors (Lipinski definition) is 3. The Morgan fingerprint density at radius 2 is 2.00 bits per heavy atom. The Kier molecular flexibility index (Phi) is 3.06. The highest BCUT2D eigenvalue weighted by atomic mass is 16.5. The number of fused-ring (bicyclic) bond motifs is 1. The van der Waals surface area contributed by atoms with E-state index < -0.39 is 0 Å². The van der Waals surface area contributed by atoms with E-state index in [-0.39, 0.29) is 6.03 Å². The first-order valence-electron chi connectivity index (χ1n) is 6.70. The molecule has 1 saturated heterocycles. The van der Waals surface area contributed by atoms with Crippen molar-refractivity contribution in [2.45, 2.75) is 13.3 Å². The maximum atomic E-state index is 12.5. The standard InChI is InChI=1S/C14H19N3O2/c1-10-8-11-2-3-17(13(11)9-12(10)15)14(18)16-4-6-19-7-5-16/h8-9H,2-7,15H2,1H3. The third-order valence-corrected chi connectivity index (χ3v) is 3.88. The molecule has 0 unspecified atom stereocenters. The first kappa shape index (κ1) is 12.3. The van der Waals surface area contributed by atoms with E-state index in [1.165, 1.54) is 5.56 Å². The van der Waals surface area contributed by atoms with Gasteiger partial charge in [0.15, 0.2) is 0 Å². The number of nitrogen functional groups attached to an aromatic ring is 1. The molecule has 1 aromatic rings. The summed E-state index contributed by atoms with van der Waals surface area (Å²) in [5.74, 6) is 0. The second-order valence-electron chi connectivity index (χ2n) is 5.12. The molecule has 2 amide bonds. The van der Waals surface area contributed by atoms with Gasteiger partial charge >= 0.3 is 6.03 Å². The molecule has 1 aromatic carbocycles. The lowest BCUT2D eigenvalue weighted by Gasteiger charge is -2.31. The Morgan fingerprint density at radius 1 is 1.26 bits per heavy atom. The van der Waals surface area contributed by atoms with Gasteiger partial charge in [0.05, 0.1) is 18.9 Å². The molecule has 2 N–H and O–H groups in total. The van der Waals surface area contributed by atoms with Crippen molar-refractivity contribution in [3.8, 4) is 0 Å². The van der Waals surface area contributed by atoms with E-state index in [2.05, 4.69) is 6.07 Å². The smallest absolute Gasteiger partial charge is 0.324 e. The molecule has 0 bridgehead atoms. The third-order valence-electron chi connectivity index (χ3n) is 3.88. The number of nitrogens with zero attached hydrogens (tertiary/aromatic N) is 2. The first-order chi connectivity index (χ1) is 9.16. The molecule has 1 fully saturated rings. The van der Waals surface area contributed by atoms with Gasteiger partial charge in [-0.2, -0.15) is 0 Å². The predicted molar refractivity (Wildman–Crippen MR) is 74.4 cm³/mol. The predicted octanol–water partition coefficient (Wildman–Crippen LogP) is 1.39. The van der Waals surface area contributed by atoms with E-state index >= 15 is 0 Å². The van der Waals surface area contributed by atoms with Gasteiger partial charge in [-0.05, 0) is 30.5 Å². The van der Waals surface area contributed by atoms with Crippen molar-refractivity contribution in [2.24, 2.45) is 0 Å². The number of urea groups is 1. The molecule has 0 aromatic heterocycles. The van der Waals surface area contributed by atoms with Crippen LogP contribution in [0.2, 0.25) is 0 Å². The number of carbonyl (C=O) groups excluding carboxylic acids is 1. The van der Waals surface area contributed by atoms with Crippen LogP contribution in [0, 0.1) is 6.92 Å². The number of carbonyl (C=O) groups is 1. The van der Waals surface area contributed by atoms with Crippen LogP contribution < -0.4 is 10.6 Å². The molecule has 5 heteroatoms. The minimum atomic E-state index is 0.0744. The second kappa shape index (κ2) is 4.74. The van der Waals surface area contributed by atoms with Crippen LogP contribution in [0.5, 0.6) is 0 Å². The molecular formula is C14H19N3O2. The molecule has 2 aliphatic rings. The number of rotatable bonds is 0. The lowest BCUT2D eigenvalue weighted by molar-refractivity contribution is 0.0550. The summed E-state index contributed by atoms with van der Waals surface area (Å²) in [6.07, 6.45) is 0.909. The van der Waals surface area contributed by atoms with Gasteiger partial charge in [-0.25, -0.2) is 4.79 Å². The SMILES string of the molecule is Cc1cc2c(cc1N)N(C(=O)N1CCOCC1)CC2. The summed E-state index contributed by atoms with van der Waals surface area (Å²) in [5, 5.41) is 0. The lowest BCUT2D eigenvalue weighted by Crippen LogP contribution is -2.47. The molecule has 0 saturated carbocycles. The maximum Gasteiger partial charge on any atom is 0.324 e. The van der Waals surface area contributed by atoms with Crippen molar-refractivity contribution >= 4 is 17.4 Å². The number of amides is 2. The van der Waals surface area contributed by atoms with Crippen LogP contribution >= 0.6 is 0 Å². The summed E-state index contributed by atoms with van der Waals surface area (Å²) in [4.78, 5) is 16.2. The highest BCUT2D eigenvalue weighted by Gasteiger charge is 2.29. The summed E-state index contributed by atoms with van der Waals surface area (Å²) in [5.41, 5.74) is 9.98. The minimum absolute atomic E-state index is 0.0744. The van der Waals surface area contributed by atoms with Crippen LogP contribution in [0.4, 0.5) is 16.2 Å². The zero-order valence-electron chi connectivity index (χ0n) is 11.2. The number of ether oxygens (including phenoxy) is 1. The van der Waals surface area contributed by atoms with Gasteiger partial charge < -0.3 is 15.4 Å². The molecule has 3 rings (SSSR count). The van der Waals surface area contributed by atoms with Gasteiger partial charge in [-0.1, -0.05) is 6.07 Å². The van der Waals surface area contributed by atoms with Crippen LogP contribution in [-0.2, 0) is 11.2 Å². The summed E-state index contributed by atoms with van der Waals surface area (Å²) in [7, 11) is 0. The van der Waals surface area contributed by atoms with E-state index in [4.69, 9.17) is 10.5 Å². The van der Waals surface area contributed by atoms with Crippen LogP contribution in [0.15, 0.2) is 12.1 Å². The number of anilines is 2. The zero-order chi connectivity index (χ0) is 13.4. The van der Waals surface area contributed by atoms with Gasteiger partial charge in [0, 0.05) is 25.3 Å². The maximum absolute atomic E-state index is 12.5. The molecule has 0 radical (unpaired) electrons. The van der Waals surface area contributed by atoms with Crippen LogP contribution in [0.3, 0.4) is 0 Å². The Labute approximate surface area is 112 Å². The van der Waals surface area contributed by atoms with Crippen molar-refractivity contribution in [2.75, 3.05) is 43.5 Å². The van der Waals surface area contributed by atoms with E-state index in [1.807, 2.05) is 22.8 Å². The van der Waals surface area contributed by atoms with E-state index in [1.54, 1.807) is 0 Å². The first-order valence-corrected chi connectivity index (χ1v) is 6.70. The van der Waals surface area contributed by atoms with Crippen LogP contribution in [-0.4, -0.2) is 43.8 Å². The molecule has 102 valence electrons. The number of aryl methyl sites for hydroxylation is 1. The average molecular weight is 261 g/mol. The van der Waals surface area contributed by atoms with Gasteiger partial charge in [0.1, 0.15) is 0 Å². The van der Waals surface area contributed by atoms with E-state index in [0.717, 1.165) is 29.9 Å². The Hall–Kier alpha value is -1.75. The summed E-state index contributed by atoms with van der Waals surface area (Å²) >= 11 is 0. The molecule has 5 nitrogen and oxygen atoms in total. The summed E-state index contributed by atoms with van der Waals surface area (Å²) < 4.78 is 5.28. The van der Waals surface area contributed by atoms with E-state index in [9.17, 15) is 4.79 Å². The topological polar surface area (TPSA) is 58.8 Å². The largest absolute Gasteiger partial charge is 0.398 e. The van der Waals surface area contributed by atoms with E-state index in [0.29, 0.717) is 26.3 Å². The Balaban J connectivity index is 1.85. The minimum Gasteiger partial charge on any atom is -0.398 e. The van der Waals surface area contributed by atoms with Gasteiger partial charge in [-0.3, -0.25) is 4.90 Å². The zero-order valence-corrected chi connectivity index (χ0v) is 11.2. The van der Waals surface area contributed by atoms with Gasteiger partial charge in [0.2, 0.25) is 0 Å². The normalized spacial score (nSPS) is 18.6. The summed E-state index contributed by atoms with van der Waals surface area (Å²) in [6, 6.07) is 4.10. The second-order valence-corrected chi connectivity index (χ2v) is 5.12. The molecule has 2 aliphatic heterocycles. The molecule has 0 aliphatic carbocycles. The highest BCUT2D eigenvalue weighted by Crippen LogP contribution is 2.32. The monoisotopic (exact) mass is 261 g/mol. The number of morpholine rings is 1. The number of nitrogens with two attached hydrogens (primary N) is 1. The number of benzene rings is 1. The fourth-order valence-electron chi connectivity index (χ4n) is 2.70. The third kappa shape index (κ3) is 2.14. The molecule has 0 atom stereocenters. The Morgan fingerprint density at radius 3 is 2.74 bits per heavy atom. The summed E-state index contributed by atoms with van der Waals surface area (Å²) in [6.45, 7) is 5.35. The van der Waals surface area contributed by atoms with Crippen molar-refractivity contribution in [3.05, 3.63) is 23.3 Å². The van der Waals surface area contributed by atoms with Gasteiger partial charge in [0.25, 0.3) is 0 Å². The quantitative estimate of drug-likeness (QED) is 0.718. The van der Waals surface area contributed by atoms with Crippen molar-refractivity contribution < 1.29 is 9.53 Å². The molecule has 19 heavy (non-hydrogen) atoms. The molecule has 2 heterocycles. The highest BCUT2D eigenvalue weighted by molar-refractivity contribution is 5.95. The van der Waals surface area contributed by atoms with Crippen molar-refractivity contribution in [1.29, 1.82) is 0 Å². The van der Waals surface area contributed by atoms with Gasteiger partial charge in [-0.15, -0.1) is 0 Å². The molecular weight excluding hydrogens is 242 g/mol. The van der Waals surface area contributed by atoms with Crippen LogP contribution in [0.1, 0.15) is 11.1 Å². The molecule has 0 spiro atoms. The number of hydrogen-bond donors (Lipinski definition) is 1. The lowest BCUT2D eigenvalue weighted by atomic mass is 10.1.